The normalized spacial score (nSPS) is 11.1. The molecule has 1 N–H and O–H groups in total. The first-order valence-corrected chi connectivity index (χ1v) is 6.17. The van der Waals surface area contributed by atoms with Crippen LogP contribution in [0.2, 0.25) is 0 Å². The largest absolute Gasteiger partial charge is 0.351 e. The van der Waals surface area contributed by atoms with E-state index in [2.05, 4.69) is 24.1 Å². The molecule has 100 valence electrons. The highest BCUT2D eigenvalue weighted by Crippen LogP contribution is 2.11. The number of nitrogens with one attached hydrogen (secondary N) is 1. The molecule has 0 aliphatic carbocycles. The Hall–Kier alpha value is -1.42. The van der Waals surface area contributed by atoms with E-state index in [1.165, 1.54) is 6.07 Å². The number of hydrogen-bond acceptors (Lipinski definition) is 2. The van der Waals surface area contributed by atoms with Crippen molar-refractivity contribution in [3.63, 3.8) is 0 Å². The van der Waals surface area contributed by atoms with Gasteiger partial charge in [0, 0.05) is 19.1 Å². The Morgan fingerprint density at radius 1 is 1.44 bits per heavy atom. The maximum absolute atomic E-state index is 13.7. The lowest BCUT2D eigenvalue weighted by Crippen LogP contribution is -2.36. The number of nitrogens with zero attached hydrogens (tertiary/aromatic N) is 1. The molecule has 0 saturated heterocycles. The topological polar surface area (TPSA) is 32.3 Å². The molecule has 0 fully saturated rings. The summed E-state index contributed by atoms with van der Waals surface area (Å²) in [5.41, 5.74) is 0.601. The van der Waals surface area contributed by atoms with E-state index in [1.54, 1.807) is 19.1 Å². The van der Waals surface area contributed by atoms with E-state index in [4.69, 9.17) is 0 Å². The molecule has 1 rings (SSSR count). The Bertz CT molecular complexity index is 418. The summed E-state index contributed by atoms with van der Waals surface area (Å²) in [5.74, 6) is -0.791. The van der Waals surface area contributed by atoms with Gasteiger partial charge in [-0.05, 0) is 39.4 Å². The number of hydrogen-bond donors (Lipinski definition) is 1. The summed E-state index contributed by atoms with van der Waals surface area (Å²) in [5, 5.41) is 2.73. The van der Waals surface area contributed by atoms with Crippen molar-refractivity contribution in [3.8, 4) is 0 Å². The fourth-order valence-electron chi connectivity index (χ4n) is 1.52. The van der Waals surface area contributed by atoms with E-state index < -0.39 is 5.82 Å². The second-order valence-corrected chi connectivity index (χ2v) is 4.77. The lowest BCUT2D eigenvalue weighted by atomic mass is 10.1. The van der Waals surface area contributed by atoms with Crippen LogP contribution in [0.3, 0.4) is 0 Å². The van der Waals surface area contributed by atoms with Crippen molar-refractivity contribution in [3.05, 3.63) is 35.1 Å². The highest BCUT2D eigenvalue weighted by molar-refractivity contribution is 5.94. The summed E-state index contributed by atoms with van der Waals surface area (Å²) in [4.78, 5) is 13.9. The average Bonchev–Trinajstić information content (AvgIpc) is 2.32. The quantitative estimate of drug-likeness (QED) is 0.871. The smallest absolute Gasteiger partial charge is 0.254 e. The molecule has 0 spiro atoms. The zero-order valence-electron chi connectivity index (χ0n) is 11.5. The molecular weight excluding hydrogens is 231 g/mol. The van der Waals surface area contributed by atoms with Crippen molar-refractivity contribution < 1.29 is 9.18 Å². The molecule has 0 aromatic heterocycles. The fourth-order valence-corrected chi connectivity index (χ4v) is 1.52. The van der Waals surface area contributed by atoms with Gasteiger partial charge in [0.25, 0.3) is 5.91 Å². The third kappa shape index (κ3) is 3.81. The second-order valence-electron chi connectivity index (χ2n) is 4.77. The molecule has 1 aromatic carbocycles. The molecule has 0 heterocycles. The number of likely N-dealkylation sites (N-methyl/N-ethyl adjacent to an activating group) is 1. The SMILES string of the molecule is Cc1cccc(C(=O)NCCN(C)C(C)C)c1F. The minimum absolute atomic E-state index is 0.113. The summed E-state index contributed by atoms with van der Waals surface area (Å²) in [6.45, 7) is 7.08. The monoisotopic (exact) mass is 252 g/mol. The van der Waals surface area contributed by atoms with Crippen LogP contribution in [0.25, 0.3) is 0 Å². The standard InChI is InChI=1S/C14H21FN2O/c1-10(2)17(4)9-8-16-14(18)12-7-5-6-11(3)13(12)15/h5-7,10H,8-9H2,1-4H3,(H,16,18). The lowest BCUT2D eigenvalue weighted by Gasteiger charge is -2.20. The first-order valence-electron chi connectivity index (χ1n) is 6.17. The summed E-state index contributed by atoms with van der Waals surface area (Å²) < 4.78 is 13.7. The van der Waals surface area contributed by atoms with Crippen LogP contribution in [-0.4, -0.2) is 37.0 Å². The van der Waals surface area contributed by atoms with Crippen molar-refractivity contribution in [2.45, 2.75) is 26.8 Å². The Labute approximate surface area is 108 Å². The van der Waals surface area contributed by atoms with Crippen LogP contribution < -0.4 is 5.32 Å². The van der Waals surface area contributed by atoms with Crippen LogP contribution in [-0.2, 0) is 0 Å². The molecule has 1 amide bonds. The molecule has 18 heavy (non-hydrogen) atoms. The van der Waals surface area contributed by atoms with E-state index in [1.807, 2.05) is 7.05 Å². The van der Waals surface area contributed by atoms with Crippen molar-refractivity contribution in [2.24, 2.45) is 0 Å². The Balaban J connectivity index is 2.54. The molecule has 4 heteroatoms. The van der Waals surface area contributed by atoms with E-state index in [0.29, 0.717) is 18.2 Å². The van der Waals surface area contributed by atoms with Crippen LogP contribution in [0.5, 0.6) is 0 Å². The Kier molecular flexibility index (Phi) is 5.28. The lowest BCUT2D eigenvalue weighted by molar-refractivity contribution is 0.0944. The van der Waals surface area contributed by atoms with Crippen molar-refractivity contribution >= 4 is 5.91 Å². The number of rotatable bonds is 5. The summed E-state index contributed by atoms with van der Waals surface area (Å²) in [6.07, 6.45) is 0. The van der Waals surface area contributed by atoms with Gasteiger partial charge in [0.2, 0.25) is 0 Å². The zero-order valence-corrected chi connectivity index (χ0v) is 11.5. The van der Waals surface area contributed by atoms with Crippen LogP contribution >= 0.6 is 0 Å². The third-order valence-corrected chi connectivity index (χ3v) is 3.07. The highest BCUT2D eigenvalue weighted by atomic mass is 19.1. The van der Waals surface area contributed by atoms with Gasteiger partial charge in [-0.15, -0.1) is 0 Å². The van der Waals surface area contributed by atoms with Gasteiger partial charge in [-0.1, -0.05) is 12.1 Å². The summed E-state index contributed by atoms with van der Waals surface area (Å²) in [7, 11) is 1.99. The van der Waals surface area contributed by atoms with Gasteiger partial charge in [0.15, 0.2) is 0 Å². The molecule has 0 atom stereocenters. The number of benzene rings is 1. The molecule has 0 radical (unpaired) electrons. The predicted molar refractivity (Wildman–Crippen MR) is 71.2 cm³/mol. The number of amides is 1. The zero-order chi connectivity index (χ0) is 13.7. The van der Waals surface area contributed by atoms with Crippen LogP contribution in [0.4, 0.5) is 4.39 Å². The molecule has 0 bridgehead atoms. The van der Waals surface area contributed by atoms with Gasteiger partial charge in [0.05, 0.1) is 5.56 Å². The maximum Gasteiger partial charge on any atom is 0.254 e. The molecule has 1 aromatic rings. The first-order chi connectivity index (χ1) is 8.43. The van der Waals surface area contributed by atoms with E-state index in [0.717, 1.165) is 6.54 Å². The van der Waals surface area contributed by atoms with Gasteiger partial charge in [-0.25, -0.2) is 4.39 Å². The van der Waals surface area contributed by atoms with Gasteiger partial charge in [0.1, 0.15) is 5.82 Å². The van der Waals surface area contributed by atoms with E-state index >= 15 is 0 Å². The van der Waals surface area contributed by atoms with Gasteiger partial charge < -0.3 is 10.2 Å². The number of aryl methyl sites for hydroxylation is 1. The van der Waals surface area contributed by atoms with Crippen LogP contribution in [0, 0.1) is 12.7 Å². The van der Waals surface area contributed by atoms with Crippen molar-refractivity contribution in [2.75, 3.05) is 20.1 Å². The van der Waals surface area contributed by atoms with Gasteiger partial charge in [-0.2, -0.15) is 0 Å². The summed E-state index contributed by atoms with van der Waals surface area (Å²) >= 11 is 0. The maximum atomic E-state index is 13.7. The van der Waals surface area contributed by atoms with Gasteiger partial charge in [-0.3, -0.25) is 4.79 Å². The summed E-state index contributed by atoms with van der Waals surface area (Å²) in [6, 6.07) is 5.27. The van der Waals surface area contributed by atoms with Gasteiger partial charge >= 0.3 is 0 Å². The molecule has 0 unspecified atom stereocenters. The molecule has 0 saturated carbocycles. The van der Waals surface area contributed by atoms with E-state index in [9.17, 15) is 9.18 Å². The van der Waals surface area contributed by atoms with Crippen LogP contribution in [0.1, 0.15) is 29.8 Å². The average molecular weight is 252 g/mol. The third-order valence-electron chi connectivity index (χ3n) is 3.07. The minimum Gasteiger partial charge on any atom is -0.351 e. The Morgan fingerprint density at radius 2 is 2.11 bits per heavy atom. The number of carbonyl (C=O) groups excluding carboxylic acids is 1. The Morgan fingerprint density at radius 3 is 2.72 bits per heavy atom. The minimum atomic E-state index is -0.438. The molecular formula is C14H21FN2O. The van der Waals surface area contributed by atoms with E-state index in [-0.39, 0.29) is 11.5 Å². The first kappa shape index (κ1) is 14.6. The van der Waals surface area contributed by atoms with Crippen molar-refractivity contribution in [1.82, 2.24) is 10.2 Å². The highest BCUT2D eigenvalue weighted by Gasteiger charge is 2.12. The van der Waals surface area contributed by atoms with Crippen molar-refractivity contribution in [1.29, 1.82) is 0 Å². The van der Waals surface area contributed by atoms with Crippen LogP contribution in [0.15, 0.2) is 18.2 Å². The fraction of sp³-hybridized carbons (Fsp3) is 0.500. The second kappa shape index (κ2) is 6.50. The molecule has 0 aliphatic heterocycles. The number of halogens is 1. The molecule has 0 aliphatic rings. The molecule has 3 nitrogen and oxygen atoms in total. The number of carbonyl (C=O) groups is 1. The predicted octanol–water partition coefficient (Wildman–Crippen LogP) is 2.20.